The predicted octanol–water partition coefficient (Wildman–Crippen LogP) is 2.25. The molecule has 1 spiro atoms. The number of ether oxygens (including phenoxy) is 5. The smallest absolute Gasteiger partial charge is 0.314 e. The highest BCUT2D eigenvalue weighted by atomic mass is 16.8. The molecule has 0 radical (unpaired) electrons. The van der Waals surface area contributed by atoms with Crippen LogP contribution in [0, 0.1) is 39.4 Å². The highest BCUT2D eigenvalue weighted by Crippen LogP contribution is 2.76. The molecule has 3 aliphatic heterocycles. The van der Waals surface area contributed by atoms with E-state index in [2.05, 4.69) is 40.3 Å². The SMILES string of the molecule is C=C(C)CCC(O)[C@]1(C)OC(=O)[C@]23CC[C@H]4C(=CC[C@H]5C(C)(C)[C@@H](O[C@@H]6OC[C@@H](O)[C@H](O)[C@H]6O[C@@H]6O[C@H](CO)[C@@H](O)[C@H](O)[C@H]6O)CC[C@]45C)[C@]2(C)CC[C@H]13. The molecule has 4 aliphatic carbocycles. The van der Waals surface area contributed by atoms with Gasteiger partial charge in [0.15, 0.2) is 12.6 Å². The van der Waals surface area contributed by atoms with Crippen molar-refractivity contribution >= 4 is 5.97 Å². The van der Waals surface area contributed by atoms with E-state index in [1.165, 1.54) is 5.57 Å². The Morgan fingerprint density at radius 1 is 0.926 bits per heavy atom. The van der Waals surface area contributed by atoms with Crippen molar-refractivity contribution in [2.24, 2.45) is 39.4 Å². The van der Waals surface area contributed by atoms with Gasteiger partial charge in [0.05, 0.1) is 30.8 Å². The van der Waals surface area contributed by atoms with E-state index < -0.39 is 79.0 Å². The third-order valence-electron chi connectivity index (χ3n) is 15.9. The molecule has 3 saturated heterocycles. The van der Waals surface area contributed by atoms with Crippen molar-refractivity contribution < 1.29 is 64.2 Å². The summed E-state index contributed by atoms with van der Waals surface area (Å²) < 4.78 is 30.4. The number of rotatable bonds is 9. The Hall–Kier alpha value is -1.49. The normalized spacial score (nSPS) is 51.6. The minimum atomic E-state index is -1.71. The third kappa shape index (κ3) is 5.85. The fourth-order valence-corrected chi connectivity index (χ4v) is 12.7. The van der Waals surface area contributed by atoms with Gasteiger partial charge in [0.2, 0.25) is 0 Å². The van der Waals surface area contributed by atoms with Crippen LogP contribution < -0.4 is 0 Å². The van der Waals surface area contributed by atoms with Gasteiger partial charge in [-0.1, -0.05) is 44.9 Å². The maximum atomic E-state index is 14.2. The first-order valence-corrected chi connectivity index (χ1v) is 20.1. The van der Waals surface area contributed by atoms with Crippen LogP contribution in [0.2, 0.25) is 0 Å². The van der Waals surface area contributed by atoms with Gasteiger partial charge in [0, 0.05) is 11.3 Å². The zero-order valence-electron chi connectivity index (χ0n) is 32.7. The molecule has 0 amide bonds. The highest BCUT2D eigenvalue weighted by molar-refractivity contribution is 5.83. The molecule has 0 aromatic heterocycles. The van der Waals surface area contributed by atoms with Crippen LogP contribution in [0.15, 0.2) is 23.8 Å². The summed E-state index contributed by atoms with van der Waals surface area (Å²) in [7, 11) is 0. The molecule has 54 heavy (non-hydrogen) atoms. The van der Waals surface area contributed by atoms with Gasteiger partial charge in [-0.3, -0.25) is 4.79 Å². The lowest BCUT2D eigenvalue weighted by molar-refractivity contribution is -0.366. The zero-order valence-corrected chi connectivity index (χ0v) is 32.7. The van der Waals surface area contributed by atoms with Gasteiger partial charge in [-0.2, -0.15) is 0 Å². The van der Waals surface area contributed by atoms with Crippen LogP contribution in [-0.2, 0) is 28.5 Å². The standard InChI is InChI=1S/C41H64O13/c1-20(2)8-11-27(44)40(7)26-13-16-39(6)22-9-10-25-37(3,4)28(14-15-38(25,5)21(22)12-17-41(26,39)36(49)54-40)52-35-33(29(45)23(43)19-50-35)53-34-32(48)31(47)30(46)24(18-42)51-34/h9,21,23-35,42-48H,1,8,10-19H2,2-7H3/t21-,23+,24+,25-,26+,27?,28-,29-,30+,31-,32+,33+,34-,35-,38+,39-,40+,41+/m0/s1. The number of hydrogen-bond acceptors (Lipinski definition) is 13. The first-order valence-electron chi connectivity index (χ1n) is 20.1. The largest absolute Gasteiger partial charge is 0.456 e. The number of hydrogen-bond donors (Lipinski definition) is 7. The van der Waals surface area contributed by atoms with Crippen molar-refractivity contribution in [3.8, 4) is 0 Å². The molecular formula is C41H64O13. The number of aliphatic hydroxyl groups excluding tert-OH is 7. The molecule has 306 valence electrons. The Morgan fingerprint density at radius 3 is 2.33 bits per heavy atom. The minimum absolute atomic E-state index is 0.0712. The Labute approximate surface area is 318 Å². The van der Waals surface area contributed by atoms with Crippen LogP contribution in [0.3, 0.4) is 0 Å². The number of allylic oxidation sites excluding steroid dienone is 3. The third-order valence-corrected chi connectivity index (χ3v) is 15.9. The van der Waals surface area contributed by atoms with Crippen LogP contribution in [0.1, 0.15) is 99.3 Å². The van der Waals surface area contributed by atoms with Gasteiger partial charge in [-0.05, 0) is 94.3 Å². The van der Waals surface area contributed by atoms with E-state index in [-0.39, 0.29) is 52.7 Å². The topological polar surface area (TPSA) is 205 Å². The Bertz CT molecular complexity index is 1480. The molecule has 0 bridgehead atoms. The average molecular weight is 765 g/mol. The number of carbonyl (C=O) groups excluding carboxylic acids is 1. The second-order valence-electron chi connectivity index (χ2n) is 19.1. The van der Waals surface area contributed by atoms with E-state index in [0.717, 1.165) is 37.7 Å². The summed E-state index contributed by atoms with van der Waals surface area (Å²) in [6, 6.07) is 0. The molecule has 0 aromatic carbocycles. The number of esters is 1. The van der Waals surface area contributed by atoms with Crippen LogP contribution in [0.5, 0.6) is 0 Å². The summed E-state index contributed by atoms with van der Waals surface area (Å²) in [6.07, 6.45) is -4.95. The number of carbonyl (C=O) groups is 1. The van der Waals surface area contributed by atoms with Crippen molar-refractivity contribution in [3.05, 3.63) is 23.8 Å². The van der Waals surface area contributed by atoms with Crippen LogP contribution >= 0.6 is 0 Å². The van der Waals surface area contributed by atoms with Gasteiger partial charge in [0.25, 0.3) is 0 Å². The molecule has 1 unspecified atom stereocenters. The molecule has 7 aliphatic rings. The van der Waals surface area contributed by atoms with Crippen molar-refractivity contribution in [2.75, 3.05) is 13.2 Å². The molecular weight excluding hydrogens is 700 g/mol. The molecule has 6 fully saturated rings. The van der Waals surface area contributed by atoms with Crippen molar-refractivity contribution in [1.82, 2.24) is 0 Å². The summed E-state index contributed by atoms with van der Waals surface area (Å²) in [5.74, 6) is 0.219. The lowest BCUT2D eigenvalue weighted by atomic mass is 9.40. The molecule has 3 heterocycles. The van der Waals surface area contributed by atoms with Gasteiger partial charge in [-0.25, -0.2) is 0 Å². The van der Waals surface area contributed by atoms with Gasteiger partial charge in [-0.15, -0.1) is 6.58 Å². The number of cyclic esters (lactones) is 1. The van der Waals surface area contributed by atoms with E-state index in [1.807, 2.05) is 13.8 Å². The summed E-state index contributed by atoms with van der Waals surface area (Å²) in [4.78, 5) is 14.2. The van der Waals surface area contributed by atoms with Crippen LogP contribution in [0.25, 0.3) is 0 Å². The molecule has 18 atom stereocenters. The minimum Gasteiger partial charge on any atom is -0.456 e. The molecule has 7 N–H and O–H groups in total. The Kier molecular flexibility index (Phi) is 10.6. The second kappa shape index (κ2) is 14.1. The monoisotopic (exact) mass is 764 g/mol. The zero-order chi connectivity index (χ0) is 39.3. The Balaban J connectivity index is 1.11. The van der Waals surface area contributed by atoms with E-state index in [0.29, 0.717) is 25.7 Å². The lowest BCUT2D eigenvalue weighted by Crippen LogP contribution is -2.64. The average Bonchev–Trinajstić information content (AvgIpc) is 3.57. The van der Waals surface area contributed by atoms with Gasteiger partial charge >= 0.3 is 5.97 Å². The van der Waals surface area contributed by atoms with E-state index in [4.69, 9.17) is 23.7 Å². The maximum absolute atomic E-state index is 14.2. The van der Waals surface area contributed by atoms with E-state index >= 15 is 0 Å². The van der Waals surface area contributed by atoms with E-state index in [9.17, 15) is 40.5 Å². The lowest BCUT2D eigenvalue weighted by Gasteiger charge is -2.64. The van der Waals surface area contributed by atoms with Gasteiger partial charge in [0.1, 0.15) is 48.3 Å². The fourth-order valence-electron chi connectivity index (χ4n) is 12.7. The van der Waals surface area contributed by atoms with Gasteiger partial charge < -0.3 is 59.4 Å². The summed E-state index contributed by atoms with van der Waals surface area (Å²) in [6.45, 7) is 16.1. The first kappa shape index (κ1) is 40.7. The summed E-state index contributed by atoms with van der Waals surface area (Å²) >= 11 is 0. The fraction of sp³-hybridized carbons (Fsp3) is 0.878. The molecule has 7 rings (SSSR count). The Morgan fingerprint density at radius 2 is 1.65 bits per heavy atom. The number of fused-ring (bicyclic) bond motifs is 4. The van der Waals surface area contributed by atoms with E-state index in [1.54, 1.807) is 0 Å². The molecule has 3 saturated carbocycles. The molecule has 13 heteroatoms. The highest BCUT2D eigenvalue weighted by Gasteiger charge is 2.77. The number of aliphatic hydroxyl groups is 7. The second-order valence-corrected chi connectivity index (χ2v) is 19.1. The maximum Gasteiger partial charge on any atom is 0.314 e. The summed E-state index contributed by atoms with van der Waals surface area (Å²) in [5.41, 5.74) is -0.119. The van der Waals surface area contributed by atoms with Crippen LogP contribution in [-0.4, -0.2) is 128 Å². The molecule has 13 nitrogen and oxygen atoms in total. The quantitative estimate of drug-likeness (QED) is 0.133. The summed E-state index contributed by atoms with van der Waals surface area (Å²) in [5, 5.41) is 74.0. The van der Waals surface area contributed by atoms with Crippen molar-refractivity contribution in [2.45, 2.75) is 172 Å². The van der Waals surface area contributed by atoms with Crippen LogP contribution in [0.4, 0.5) is 0 Å². The van der Waals surface area contributed by atoms with Crippen molar-refractivity contribution in [3.63, 3.8) is 0 Å². The predicted molar refractivity (Wildman–Crippen MR) is 193 cm³/mol. The molecule has 0 aromatic rings. The van der Waals surface area contributed by atoms with Crippen molar-refractivity contribution in [1.29, 1.82) is 0 Å². The first-order chi connectivity index (χ1) is 25.3.